The molecule has 0 atom stereocenters. The van der Waals surface area contributed by atoms with Crippen LogP contribution < -0.4 is 15.6 Å². The van der Waals surface area contributed by atoms with Gasteiger partial charge in [-0.15, -0.1) is 0 Å². The highest BCUT2D eigenvalue weighted by Crippen LogP contribution is 2.18. The van der Waals surface area contributed by atoms with E-state index in [1.165, 1.54) is 17.5 Å². The van der Waals surface area contributed by atoms with Crippen LogP contribution in [0.15, 0.2) is 53.3 Å². The Morgan fingerprint density at radius 3 is 2.47 bits per heavy atom. The van der Waals surface area contributed by atoms with E-state index >= 15 is 0 Å². The molecule has 1 N–H and O–H groups in total. The van der Waals surface area contributed by atoms with E-state index in [4.69, 9.17) is 4.74 Å². The van der Waals surface area contributed by atoms with Gasteiger partial charge in [0.1, 0.15) is 5.75 Å². The maximum Gasteiger partial charge on any atom is 0.279 e. The maximum absolute atomic E-state index is 13.0. The minimum absolute atomic E-state index is 0.253. The molecule has 1 aliphatic heterocycles. The standard InChI is InChI=1S/C25H30N4O3/c1-18-12-16-28(17-13-18)15-5-14-26-24(30)23-21-6-3-4-7-22(21)25(31)29(27-23)19-8-10-20(32-2)11-9-19/h3-4,6-11,18H,5,12-17H2,1-2H3,(H,26,30). The summed E-state index contributed by atoms with van der Waals surface area (Å²) in [7, 11) is 1.59. The molecule has 0 unspecified atom stereocenters. The van der Waals surface area contributed by atoms with Crippen molar-refractivity contribution < 1.29 is 9.53 Å². The van der Waals surface area contributed by atoms with E-state index in [-0.39, 0.29) is 17.2 Å². The molecule has 1 amide bonds. The third-order valence-electron chi connectivity index (χ3n) is 6.15. The number of aromatic nitrogens is 2. The van der Waals surface area contributed by atoms with Gasteiger partial charge in [-0.25, -0.2) is 0 Å². The number of hydrogen-bond acceptors (Lipinski definition) is 5. The van der Waals surface area contributed by atoms with E-state index in [2.05, 4.69) is 22.2 Å². The van der Waals surface area contributed by atoms with Gasteiger partial charge in [-0.05, 0) is 75.1 Å². The minimum atomic E-state index is -0.268. The number of carbonyl (C=O) groups is 1. The zero-order valence-electron chi connectivity index (χ0n) is 18.7. The van der Waals surface area contributed by atoms with Gasteiger partial charge in [0.2, 0.25) is 0 Å². The van der Waals surface area contributed by atoms with Crippen molar-refractivity contribution in [2.24, 2.45) is 5.92 Å². The number of hydrogen-bond donors (Lipinski definition) is 1. The third-order valence-corrected chi connectivity index (χ3v) is 6.15. The quantitative estimate of drug-likeness (QED) is 0.578. The maximum atomic E-state index is 13.0. The van der Waals surface area contributed by atoms with Gasteiger partial charge < -0.3 is 15.0 Å². The van der Waals surface area contributed by atoms with Crippen LogP contribution in [0.5, 0.6) is 5.75 Å². The van der Waals surface area contributed by atoms with Crippen LogP contribution in [-0.4, -0.2) is 53.9 Å². The predicted molar refractivity (Wildman–Crippen MR) is 126 cm³/mol. The molecule has 2 aromatic carbocycles. The van der Waals surface area contributed by atoms with Crippen molar-refractivity contribution in [2.75, 3.05) is 33.3 Å². The molecular weight excluding hydrogens is 404 g/mol. The molecule has 1 aromatic heterocycles. The summed E-state index contributed by atoms with van der Waals surface area (Å²) >= 11 is 0. The first-order valence-electron chi connectivity index (χ1n) is 11.2. The predicted octanol–water partition coefficient (Wildman–Crippen LogP) is 3.25. The summed E-state index contributed by atoms with van der Waals surface area (Å²) in [5.74, 6) is 1.23. The molecule has 3 aromatic rings. The molecule has 7 heteroatoms. The summed E-state index contributed by atoms with van der Waals surface area (Å²) in [5.41, 5.74) is 0.569. The van der Waals surface area contributed by atoms with Gasteiger partial charge in [0, 0.05) is 11.9 Å². The average Bonchev–Trinajstić information content (AvgIpc) is 2.83. The number of ether oxygens (including phenoxy) is 1. The molecule has 0 saturated carbocycles. The first kappa shape index (κ1) is 22.0. The molecule has 0 aliphatic carbocycles. The first-order valence-corrected chi connectivity index (χ1v) is 11.2. The van der Waals surface area contributed by atoms with Crippen LogP contribution in [0.1, 0.15) is 36.7 Å². The number of nitrogens with zero attached hydrogens (tertiary/aromatic N) is 3. The van der Waals surface area contributed by atoms with E-state index in [1.54, 1.807) is 49.6 Å². The van der Waals surface area contributed by atoms with Crippen LogP contribution in [0, 0.1) is 5.92 Å². The number of benzene rings is 2. The lowest BCUT2D eigenvalue weighted by atomic mass is 9.99. The third kappa shape index (κ3) is 4.83. The SMILES string of the molecule is COc1ccc(-n2nc(C(=O)NCCCN3CCC(C)CC3)c3ccccc3c2=O)cc1. The van der Waals surface area contributed by atoms with Gasteiger partial charge in [-0.2, -0.15) is 9.78 Å². The fourth-order valence-electron chi connectivity index (χ4n) is 4.13. The van der Waals surface area contributed by atoms with Gasteiger partial charge >= 0.3 is 0 Å². The Bertz CT molecular complexity index is 1130. The number of fused-ring (bicyclic) bond motifs is 1. The van der Waals surface area contributed by atoms with Crippen LogP contribution >= 0.6 is 0 Å². The fourth-order valence-corrected chi connectivity index (χ4v) is 4.13. The zero-order valence-corrected chi connectivity index (χ0v) is 18.7. The summed E-state index contributed by atoms with van der Waals surface area (Å²) < 4.78 is 6.48. The molecular formula is C25H30N4O3. The fraction of sp³-hybridized carbons (Fsp3) is 0.400. The van der Waals surface area contributed by atoms with Crippen molar-refractivity contribution in [1.82, 2.24) is 20.0 Å². The molecule has 0 radical (unpaired) electrons. The van der Waals surface area contributed by atoms with Gasteiger partial charge in [0.25, 0.3) is 11.5 Å². The lowest BCUT2D eigenvalue weighted by molar-refractivity contribution is 0.0946. The monoisotopic (exact) mass is 434 g/mol. The minimum Gasteiger partial charge on any atom is -0.497 e. The van der Waals surface area contributed by atoms with Crippen LogP contribution in [-0.2, 0) is 0 Å². The number of carbonyl (C=O) groups excluding carboxylic acids is 1. The van der Waals surface area contributed by atoms with Crippen LogP contribution in [0.25, 0.3) is 16.5 Å². The molecule has 1 aliphatic rings. The number of amides is 1. The van der Waals surface area contributed by atoms with Gasteiger partial charge in [-0.3, -0.25) is 9.59 Å². The lowest BCUT2D eigenvalue weighted by Crippen LogP contribution is -2.36. The zero-order chi connectivity index (χ0) is 22.5. The highest BCUT2D eigenvalue weighted by molar-refractivity contribution is 6.04. The topological polar surface area (TPSA) is 76.5 Å². The van der Waals surface area contributed by atoms with E-state index in [0.29, 0.717) is 28.8 Å². The van der Waals surface area contributed by atoms with E-state index in [0.717, 1.165) is 32.0 Å². The Morgan fingerprint density at radius 2 is 1.78 bits per heavy atom. The van der Waals surface area contributed by atoms with Crippen LogP contribution in [0.3, 0.4) is 0 Å². The molecule has 168 valence electrons. The van der Waals surface area contributed by atoms with Crippen LogP contribution in [0.4, 0.5) is 0 Å². The smallest absolute Gasteiger partial charge is 0.279 e. The average molecular weight is 435 g/mol. The molecule has 1 fully saturated rings. The number of rotatable bonds is 7. The largest absolute Gasteiger partial charge is 0.497 e. The summed E-state index contributed by atoms with van der Waals surface area (Å²) in [6.07, 6.45) is 3.38. The Hall–Kier alpha value is -3.19. The Balaban J connectivity index is 1.52. The molecule has 4 rings (SSSR count). The van der Waals surface area contributed by atoms with E-state index in [9.17, 15) is 9.59 Å². The van der Waals surface area contributed by atoms with E-state index in [1.807, 2.05) is 6.07 Å². The highest BCUT2D eigenvalue weighted by Gasteiger charge is 2.18. The number of nitrogens with one attached hydrogen (secondary N) is 1. The molecule has 7 nitrogen and oxygen atoms in total. The number of methoxy groups -OCH3 is 1. The lowest BCUT2D eigenvalue weighted by Gasteiger charge is -2.30. The Morgan fingerprint density at radius 1 is 1.09 bits per heavy atom. The van der Waals surface area contributed by atoms with Crippen LogP contribution in [0.2, 0.25) is 0 Å². The van der Waals surface area contributed by atoms with Gasteiger partial charge in [0.05, 0.1) is 18.2 Å². The van der Waals surface area contributed by atoms with E-state index < -0.39 is 0 Å². The Labute approximate surface area is 188 Å². The van der Waals surface area contributed by atoms with Crippen molar-refractivity contribution in [2.45, 2.75) is 26.2 Å². The van der Waals surface area contributed by atoms with Crippen molar-refractivity contribution in [3.05, 3.63) is 64.6 Å². The normalized spacial score (nSPS) is 15.1. The number of piperidine rings is 1. The Kier molecular flexibility index (Phi) is 6.85. The summed E-state index contributed by atoms with van der Waals surface area (Å²) in [6, 6.07) is 14.1. The molecule has 32 heavy (non-hydrogen) atoms. The van der Waals surface area contributed by atoms with Crippen molar-refractivity contribution in [1.29, 1.82) is 0 Å². The second-order valence-corrected chi connectivity index (χ2v) is 8.44. The summed E-state index contributed by atoms with van der Waals surface area (Å²) in [6.45, 7) is 6.12. The molecule has 0 bridgehead atoms. The van der Waals surface area contributed by atoms with Gasteiger partial charge in [-0.1, -0.05) is 25.1 Å². The summed E-state index contributed by atoms with van der Waals surface area (Å²) in [4.78, 5) is 28.5. The van der Waals surface area contributed by atoms with Crippen molar-refractivity contribution in [3.63, 3.8) is 0 Å². The molecule has 2 heterocycles. The van der Waals surface area contributed by atoms with Crippen molar-refractivity contribution in [3.8, 4) is 11.4 Å². The van der Waals surface area contributed by atoms with Crippen molar-refractivity contribution >= 4 is 16.7 Å². The second kappa shape index (κ2) is 9.96. The first-order chi connectivity index (χ1) is 15.6. The van der Waals surface area contributed by atoms with Gasteiger partial charge in [0.15, 0.2) is 5.69 Å². The second-order valence-electron chi connectivity index (χ2n) is 8.44. The molecule has 0 spiro atoms. The summed E-state index contributed by atoms with van der Waals surface area (Å²) in [5, 5.41) is 8.46. The highest BCUT2D eigenvalue weighted by atomic mass is 16.5. The number of likely N-dealkylation sites (tertiary alicyclic amines) is 1. The molecule has 1 saturated heterocycles.